The standard InChI is InChI=1S/C12H14O/c13-12(9-8-10-6-7-10)11-4-2-1-3-5-11/h1-5,10H,6-9H2. The topological polar surface area (TPSA) is 17.1 Å². The Kier molecular flexibility index (Phi) is 2.44. The van der Waals surface area contributed by atoms with Crippen molar-refractivity contribution >= 4 is 5.78 Å². The fraction of sp³-hybridized carbons (Fsp3) is 0.417. The number of carbonyl (C=O) groups is 1. The number of hydrogen-bond acceptors (Lipinski definition) is 1. The van der Waals surface area contributed by atoms with Crippen molar-refractivity contribution in [1.29, 1.82) is 0 Å². The summed E-state index contributed by atoms with van der Waals surface area (Å²) in [5.41, 5.74) is 0.864. The van der Waals surface area contributed by atoms with E-state index in [2.05, 4.69) is 0 Å². The number of hydrogen-bond donors (Lipinski definition) is 0. The first-order valence-corrected chi connectivity index (χ1v) is 4.94. The number of benzene rings is 1. The number of ketones is 1. The minimum atomic E-state index is 0.299. The molecule has 1 aliphatic carbocycles. The highest BCUT2D eigenvalue weighted by Crippen LogP contribution is 2.33. The largest absolute Gasteiger partial charge is 0.294 e. The van der Waals surface area contributed by atoms with E-state index in [0.29, 0.717) is 5.78 Å². The summed E-state index contributed by atoms with van der Waals surface area (Å²) < 4.78 is 0. The van der Waals surface area contributed by atoms with Gasteiger partial charge in [-0.05, 0) is 12.3 Å². The summed E-state index contributed by atoms with van der Waals surface area (Å²) >= 11 is 0. The minimum absolute atomic E-state index is 0.299. The molecule has 0 saturated heterocycles. The van der Waals surface area contributed by atoms with Crippen molar-refractivity contribution in [2.45, 2.75) is 25.7 Å². The van der Waals surface area contributed by atoms with Crippen molar-refractivity contribution in [3.63, 3.8) is 0 Å². The van der Waals surface area contributed by atoms with E-state index in [0.717, 1.165) is 24.3 Å². The van der Waals surface area contributed by atoms with Gasteiger partial charge in [-0.2, -0.15) is 0 Å². The molecule has 1 heteroatoms. The predicted octanol–water partition coefficient (Wildman–Crippen LogP) is 3.06. The van der Waals surface area contributed by atoms with Crippen LogP contribution in [-0.4, -0.2) is 5.78 Å². The Balaban J connectivity index is 1.89. The Morgan fingerprint density at radius 1 is 1.23 bits per heavy atom. The molecule has 0 bridgehead atoms. The van der Waals surface area contributed by atoms with E-state index in [4.69, 9.17) is 0 Å². The lowest BCUT2D eigenvalue weighted by atomic mass is 10.1. The van der Waals surface area contributed by atoms with Gasteiger partial charge >= 0.3 is 0 Å². The van der Waals surface area contributed by atoms with Crippen molar-refractivity contribution in [1.82, 2.24) is 0 Å². The lowest BCUT2D eigenvalue weighted by molar-refractivity contribution is 0.0978. The first-order chi connectivity index (χ1) is 6.36. The molecular formula is C12H14O. The maximum Gasteiger partial charge on any atom is 0.162 e. The summed E-state index contributed by atoms with van der Waals surface area (Å²) in [7, 11) is 0. The van der Waals surface area contributed by atoms with E-state index < -0.39 is 0 Å². The number of carbonyl (C=O) groups excluding carboxylic acids is 1. The first-order valence-electron chi connectivity index (χ1n) is 4.94. The molecule has 0 unspecified atom stereocenters. The zero-order chi connectivity index (χ0) is 9.10. The maximum absolute atomic E-state index is 11.6. The van der Waals surface area contributed by atoms with Crippen LogP contribution >= 0.6 is 0 Å². The molecule has 1 nitrogen and oxygen atoms in total. The average Bonchev–Trinajstić information content (AvgIpc) is 2.99. The number of Topliss-reactive ketones (excluding diaryl/α,β-unsaturated/α-hetero) is 1. The van der Waals surface area contributed by atoms with Gasteiger partial charge in [-0.15, -0.1) is 0 Å². The summed E-state index contributed by atoms with van der Waals surface area (Å²) in [5, 5.41) is 0. The molecule has 1 fully saturated rings. The molecule has 68 valence electrons. The Morgan fingerprint density at radius 3 is 2.54 bits per heavy atom. The van der Waals surface area contributed by atoms with Crippen molar-refractivity contribution < 1.29 is 4.79 Å². The molecule has 0 heterocycles. The quantitative estimate of drug-likeness (QED) is 0.641. The Labute approximate surface area is 78.8 Å². The molecule has 0 amide bonds. The maximum atomic E-state index is 11.6. The van der Waals surface area contributed by atoms with Gasteiger partial charge < -0.3 is 0 Å². The van der Waals surface area contributed by atoms with Gasteiger partial charge in [0.1, 0.15) is 0 Å². The van der Waals surface area contributed by atoms with Crippen LogP contribution in [0.15, 0.2) is 30.3 Å². The summed E-state index contributed by atoms with van der Waals surface area (Å²) in [6.07, 6.45) is 4.49. The highest BCUT2D eigenvalue weighted by atomic mass is 16.1. The van der Waals surface area contributed by atoms with E-state index in [-0.39, 0.29) is 0 Å². The van der Waals surface area contributed by atoms with Gasteiger partial charge in [-0.3, -0.25) is 4.79 Å². The zero-order valence-corrected chi connectivity index (χ0v) is 7.70. The molecule has 0 spiro atoms. The van der Waals surface area contributed by atoms with E-state index in [1.54, 1.807) is 0 Å². The van der Waals surface area contributed by atoms with Crippen LogP contribution in [0, 0.1) is 5.92 Å². The lowest BCUT2D eigenvalue weighted by Gasteiger charge is -1.98. The van der Waals surface area contributed by atoms with Crippen LogP contribution in [0.25, 0.3) is 0 Å². The van der Waals surface area contributed by atoms with E-state index >= 15 is 0 Å². The molecule has 1 aromatic carbocycles. The highest BCUT2D eigenvalue weighted by Gasteiger charge is 2.21. The molecule has 0 N–H and O–H groups in total. The Hall–Kier alpha value is -1.11. The average molecular weight is 174 g/mol. The number of rotatable bonds is 4. The third-order valence-electron chi connectivity index (χ3n) is 2.57. The minimum Gasteiger partial charge on any atom is -0.294 e. The predicted molar refractivity (Wildman–Crippen MR) is 52.7 cm³/mol. The van der Waals surface area contributed by atoms with Crippen LogP contribution in [0.4, 0.5) is 0 Å². The van der Waals surface area contributed by atoms with Crippen LogP contribution in [0.1, 0.15) is 36.0 Å². The molecule has 0 aliphatic heterocycles. The summed E-state index contributed by atoms with van der Waals surface area (Å²) in [4.78, 5) is 11.6. The highest BCUT2D eigenvalue weighted by molar-refractivity contribution is 5.95. The zero-order valence-electron chi connectivity index (χ0n) is 7.70. The lowest BCUT2D eigenvalue weighted by Crippen LogP contribution is -1.98. The summed E-state index contributed by atoms with van der Waals surface area (Å²) in [6.45, 7) is 0. The molecule has 0 atom stereocenters. The second-order valence-electron chi connectivity index (χ2n) is 3.77. The molecule has 1 aliphatic rings. The van der Waals surface area contributed by atoms with Crippen LogP contribution in [-0.2, 0) is 0 Å². The third-order valence-corrected chi connectivity index (χ3v) is 2.57. The van der Waals surface area contributed by atoms with E-state index in [1.165, 1.54) is 12.8 Å². The molecule has 13 heavy (non-hydrogen) atoms. The fourth-order valence-corrected chi connectivity index (χ4v) is 1.51. The van der Waals surface area contributed by atoms with Crippen LogP contribution in [0.2, 0.25) is 0 Å². The van der Waals surface area contributed by atoms with Gasteiger partial charge in [-0.25, -0.2) is 0 Å². The van der Waals surface area contributed by atoms with Gasteiger partial charge in [0.25, 0.3) is 0 Å². The van der Waals surface area contributed by atoms with Crippen LogP contribution in [0.3, 0.4) is 0 Å². The van der Waals surface area contributed by atoms with Crippen LogP contribution < -0.4 is 0 Å². The molecule has 0 radical (unpaired) electrons. The fourth-order valence-electron chi connectivity index (χ4n) is 1.51. The third kappa shape index (κ3) is 2.41. The van der Waals surface area contributed by atoms with Gasteiger partial charge in [-0.1, -0.05) is 43.2 Å². The van der Waals surface area contributed by atoms with Gasteiger partial charge in [0.05, 0.1) is 0 Å². The molecule has 0 aromatic heterocycles. The Morgan fingerprint density at radius 2 is 1.92 bits per heavy atom. The Bertz CT molecular complexity index is 285. The van der Waals surface area contributed by atoms with Crippen molar-refractivity contribution in [3.8, 4) is 0 Å². The summed E-state index contributed by atoms with van der Waals surface area (Å²) in [6, 6.07) is 9.58. The summed E-state index contributed by atoms with van der Waals surface area (Å²) in [5.74, 6) is 1.15. The molecule has 1 aromatic rings. The molecule has 1 saturated carbocycles. The second kappa shape index (κ2) is 3.73. The first kappa shape index (κ1) is 8.49. The van der Waals surface area contributed by atoms with Gasteiger partial charge in [0.15, 0.2) is 5.78 Å². The SMILES string of the molecule is O=C(CCC1CC1)c1ccccc1. The van der Waals surface area contributed by atoms with E-state index in [1.807, 2.05) is 30.3 Å². The van der Waals surface area contributed by atoms with Crippen LogP contribution in [0.5, 0.6) is 0 Å². The monoisotopic (exact) mass is 174 g/mol. The molecular weight excluding hydrogens is 160 g/mol. The van der Waals surface area contributed by atoms with Gasteiger partial charge in [0, 0.05) is 12.0 Å². The van der Waals surface area contributed by atoms with Crippen molar-refractivity contribution in [2.75, 3.05) is 0 Å². The van der Waals surface area contributed by atoms with E-state index in [9.17, 15) is 4.79 Å². The normalized spacial score (nSPS) is 15.7. The second-order valence-corrected chi connectivity index (χ2v) is 3.77. The van der Waals surface area contributed by atoms with Crippen molar-refractivity contribution in [2.24, 2.45) is 5.92 Å². The molecule has 2 rings (SSSR count). The smallest absolute Gasteiger partial charge is 0.162 e. The van der Waals surface area contributed by atoms with Gasteiger partial charge in [0.2, 0.25) is 0 Å². The van der Waals surface area contributed by atoms with Crippen molar-refractivity contribution in [3.05, 3.63) is 35.9 Å².